The van der Waals surface area contributed by atoms with E-state index in [1.165, 1.54) is 6.07 Å². The van der Waals surface area contributed by atoms with Crippen molar-refractivity contribution >= 4 is 42.5 Å². The van der Waals surface area contributed by atoms with Crippen LogP contribution in [0, 0.1) is 40.4 Å². The van der Waals surface area contributed by atoms with Gasteiger partial charge in [-0.25, -0.2) is 9.59 Å². The van der Waals surface area contributed by atoms with Crippen molar-refractivity contribution in [1.29, 1.82) is 0 Å². The Balaban J connectivity index is 1.07. The van der Waals surface area contributed by atoms with Gasteiger partial charge in [-0.3, -0.25) is 24.0 Å². The highest BCUT2D eigenvalue weighted by Crippen LogP contribution is 2.50. The predicted octanol–water partition coefficient (Wildman–Crippen LogP) is 8.36. The monoisotopic (exact) mass is 854 g/mol. The number of nitrogens with one attached hydrogen (secondary N) is 4. The maximum atomic E-state index is 13.3. The van der Waals surface area contributed by atoms with Crippen LogP contribution in [0.4, 0.5) is 15.4 Å². The Morgan fingerprint density at radius 3 is 1.63 bits per heavy atom. The first kappa shape index (κ1) is 47.3. The van der Waals surface area contributed by atoms with Gasteiger partial charge in [0.25, 0.3) is 0 Å². The zero-order valence-corrected chi connectivity index (χ0v) is 37.1. The van der Waals surface area contributed by atoms with Crippen molar-refractivity contribution in [1.82, 2.24) is 15.6 Å². The van der Waals surface area contributed by atoms with Crippen molar-refractivity contribution < 1.29 is 43.0 Å². The molecule has 14 heteroatoms. The summed E-state index contributed by atoms with van der Waals surface area (Å²) in [5, 5.41) is 8.62. The molecular weight excluding hydrogens is 793 g/mol. The predicted molar refractivity (Wildman–Crippen MR) is 234 cm³/mol. The third-order valence-electron chi connectivity index (χ3n) is 12.0. The van der Waals surface area contributed by atoms with Crippen LogP contribution in [0.2, 0.25) is 0 Å². The minimum atomic E-state index is -0.592. The number of benzene rings is 2. The fraction of sp³-hybridized carbons (Fsp3) is 0.521. The SMILES string of the molecule is Cc1[nH]c(NC(=O)CC2CC(C)(C)CC(C)(CNC(=O)Oc3ccc(C=O)cc3)C2)cc(=O)c1CCOC(=O)CC1CC(C)(C)CC(C)(CNC(=O)Oc2ccc(C=O)cc2)C1. The molecule has 0 bridgehead atoms. The molecule has 334 valence electrons. The van der Waals surface area contributed by atoms with Crippen LogP contribution in [0.3, 0.4) is 0 Å². The van der Waals surface area contributed by atoms with E-state index in [0.717, 1.165) is 38.3 Å². The van der Waals surface area contributed by atoms with E-state index in [0.29, 0.717) is 65.6 Å². The lowest BCUT2D eigenvalue weighted by atomic mass is 9.60. The van der Waals surface area contributed by atoms with Crippen LogP contribution in [0.25, 0.3) is 0 Å². The largest absolute Gasteiger partial charge is 0.465 e. The van der Waals surface area contributed by atoms with Gasteiger partial charge in [0.1, 0.15) is 29.9 Å². The average molecular weight is 855 g/mol. The summed E-state index contributed by atoms with van der Waals surface area (Å²) in [6, 6.07) is 13.9. The van der Waals surface area contributed by atoms with Crippen LogP contribution in [-0.2, 0) is 20.7 Å². The number of anilines is 1. The number of hydrogen-bond acceptors (Lipinski definition) is 10. The van der Waals surface area contributed by atoms with E-state index in [4.69, 9.17) is 14.2 Å². The molecule has 62 heavy (non-hydrogen) atoms. The first-order chi connectivity index (χ1) is 29.1. The zero-order chi connectivity index (χ0) is 45.3. The highest BCUT2D eigenvalue weighted by molar-refractivity contribution is 5.90. The van der Waals surface area contributed by atoms with Gasteiger partial charge in [-0.2, -0.15) is 0 Å². The Hall–Kier alpha value is -5.79. The molecule has 1 heterocycles. The minimum absolute atomic E-state index is 0.0281. The van der Waals surface area contributed by atoms with Gasteiger partial charge in [-0.05, 0) is 127 Å². The number of aromatic nitrogens is 1. The summed E-state index contributed by atoms with van der Waals surface area (Å²) < 4.78 is 16.4. The van der Waals surface area contributed by atoms with E-state index in [1.54, 1.807) is 55.5 Å². The number of carbonyl (C=O) groups is 6. The molecule has 0 aliphatic heterocycles. The Bertz CT molecular complexity index is 2160. The summed E-state index contributed by atoms with van der Waals surface area (Å²) in [6.07, 6.45) is 5.66. The first-order valence-corrected chi connectivity index (χ1v) is 21.4. The maximum absolute atomic E-state index is 13.3. The molecule has 2 saturated carbocycles. The van der Waals surface area contributed by atoms with Crippen molar-refractivity contribution in [2.75, 3.05) is 25.0 Å². The average Bonchev–Trinajstić information content (AvgIpc) is 3.16. The fourth-order valence-electron chi connectivity index (χ4n) is 10.5. The van der Waals surface area contributed by atoms with Crippen molar-refractivity contribution in [3.05, 3.63) is 87.2 Å². The Labute approximate surface area is 363 Å². The summed E-state index contributed by atoms with van der Waals surface area (Å²) in [7, 11) is 0. The Morgan fingerprint density at radius 1 is 0.710 bits per heavy atom. The number of rotatable bonds is 16. The van der Waals surface area contributed by atoms with Crippen LogP contribution in [-0.4, -0.2) is 61.3 Å². The molecule has 5 rings (SSSR count). The number of aldehydes is 2. The molecule has 4 unspecified atom stereocenters. The maximum Gasteiger partial charge on any atom is 0.412 e. The van der Waals surface area contributed by atoms with Crippen molar-refractivity contribution in [2.24, 2.45) is 33.5 Å². The van der Waals surface area contributed by atoms with Gasteiger partial charge in [0.05, 0.1) is 6.61 Å². The number of hydrogen-bond donors (Lipinski definition) is 4. The molecular formula is C48H62N4O10. The lowest BCUT2D eigenvalue weighted by molar-refractivity contribution is -0.145. The molecule has 3 aromatic rings. The number of pyridine rings is 1. The molecule has 4 N–H and O–H groups in total. The van der Waals surface area contributed by atoms with Crippen LogP contribution in [0.15, 0.2) is 59.4 Å². The Morgan fingerprint density at radius 2 is 1.18 bits per heavy atom. The van der Waals surface area contributed by atoms with Gasteiger partial charge in [-0.1, -0.05) is 41.5 Å². The fourth-order valence-corrected chi connectivity index (χ4v) is 10.5. The molecule has 2 aromatic carbocycles. The van der Waals surface area contributed by atoms with E-state index in [1.807, 2.05) is 0 Å². The quantitative estimate of drug-likeness (QED) is 0.0802. The van der Waals surface area contributed by atoms with Crippen LogP contribution < -0.4 is 30.9 Å². The number of amides is 3. The molecule has 4 atom stereocenters. The molecule has 0 saturated heterocycles. The number of H-pyrrole nitrogens is 1. The van der Waals surface area contributed by atoms with Crippen LogP contribution >= 0.6 is 0 Å². The molecule has 2 aliphatic carbocycles. The zero-order valence-electron chi connectivity index (χ0n) is 37.1. The summed E-state index contributed by atoms with van der Waals surface area (Å²) >= 11 is 0. The van der Waals surface area contributed by atoms with Gasteiger partial charge >= 0.3 is 18.2 Å². The lowest BCUT2D eigenvalue weighted by Gasteiger charge is -2.46. The highest BCUT2D eigenvalue weighted by atomic mass is 16.6. The first-order valence-electron chi connectivity index (χ1n) is 21.4. The van der Waals surface area contributed by atoms with Gasteiger partial charge in [-0.15, -0.1) is 0 Å². The van der Waals surface area contributed by atoms with Gasteiger partial charge in [0, 0.05) is 60.8 Å². The summed E-state index contributed by atoms with van der Waals surface area (Å²) in [5.74, 6) is 0.451. The van der Waals surface area contributed by atoms with Gasteiger partial charge < -0.3 is 35.1 Å². The summed E-state index contributed by atoms with van der Waals surface area (Å²) in [5.41, 5.74) is 0.996. The molecule has 0 radical (unpaired) electrons. The third-order valence-corrected chi connectivity index (χ3v) is 12.0. The normalized spacial score (nSPS) is 22.6. The number of esters is 1. The number of carbonyl (C=O) groups excluding carboxylic acids is 6. The van der Waals surface area contributed by atoms with Crippen LogP contribution in [0.5, 0.6) is 11.5 Å². The Kier molecular flexibility index (Phi) is 15.2. The van der Waals surface area contributed by atoms with Gasteiger partial charge in [0.15, 0.2) is 5.43 Å². The number of aromatic amines is 1. The molecule has 0 spiro atoms. The van der Waals surface area contributed by atoms with Gasteiger partial charge in [0.2, 0.25) is 5.91 Å². The standard InChI is InChI=1S/C48H62N4O10/c1-31-38(16-17-60-42(57)19-35-22-46(4,5)28-48(7,24-35)30-50-44(59)62-37-14-10-33(26-54)11-15-37)39(55)20-40(51-31)52-41(56)18-34-21-45(2,3)27-47(6,23-34)29-49-43(58)61-36-12-8-32(25-53)9-13-36/h8-15,20,25-26,34-35H,16-19,21-24,27-30H2,1-7H3,(H,49,58)(H,50,59)(H2,51,52,55,56). The summed E-state index contributed by atoms with van der Waals surface area (Å²) in [4.78, 5) is 89.8. The van der Waals surface area contributed by atoms with Crippen molar-refractivity contribution in [3.8, 4) is 11.5 Å². The highest BCUT2D eigenvalue weighted by Gasteiger charge is 2.43. The van der Waals surface area contributed by atoms with E-state index >= 15 is 0 Å². The van der Waals surface area contributed by atoms with E-state index in [-0.39, 0.29) is 76.7 Å². The molecule has 14 nitrogen and oxygen atoms in total. The third kappa shape index (κ3) is 14.1. The topological polar surface area (TPSA) is 199 Å². The van der Waals surface area contributed by atoms with Crippen molar-refractivity contribution in [3.63, 3.8) is 0 Å². The lowest BCUT2D eigenvalue weighted by Crippen LogP contribution is -2.44. The number of ether oxygens (including phenoxy) is 3. The summed E-state index contributed by atoms with van der Waals surface area (Å²) in [6.45, 7) is 15.3. The van der Waals surface area contributed by atoms with E-state index < -0.39 is 12.2 Å². The van der Waals surface area contributed by atoms with Crippen molar-refractivity contribution in [2.45, 2.75) is 106 Å². The van der Waals surface area contributed by atoms with E-state index in [9.17, 15) is 33.6 Å². The second-order valence-corrected chi connectivity index (χ2v) is 19.8. The smallest absolute Gasteiger partial charge is 0.412 e. The minimum Gasteiger partial charge on any atom is -0.465 e. The molecule has 2 aliphatic rings. The van der Waals surface area contributed by atoms with Crippen LogP contribution in [0.1, 0.15) is 125 Å². The molecule has 2 fully saturated rings. The van der Waals surface area contributed by atoms with E-state index in [2.05, 4.69) is 62.5 Å². The second-order valence-electron chi connectivity index (χ2n) is 19.8. The molecule has 1 aromatic heterocycles. The number of aryl methyl sites for hydroxylation is 1. The molecule has 3 amide bonds. The second kappa shape index (κ2) is 19.9.